The molecular weight excluding hydrogens is 376 g/mol. The smallest absolute Gasteiger partial charge is 0.336 e. The lowest BCUT2D eigenvalue weighted by molar-refractivity contribution is -0.143. The standard InChI is InChI=1S/C16H16F4N4O.ClH/c1-10-9-23(7-6-21-10)15(25)11-8-22-24(14(11)16(18,19)20)13-5-3-2-4-12(13)17;/h2-5,8,10,21H,6-7,9H2,1H3;1H. The van der Waals surface area contributed by atoms with E-state index < -0.39 is 29.2 Å². The second-order valence-electron chi connectivity index (χ2n) is 5.87. The molecular formula is C16H17ClF4N4O. The maximum absolute atomic E-state index is 13.9. The Balaban J connectivity index is 0.00000243. The molecule has 5 nitrogen and oxygen atoms in total. The highest BCUT2D eigenvalue weighted by Gasteiger charge is 2.42. The molecule has 3 rings (SSSR count). The first-order valence-corrected chi connectivity index (χ1v) is 7.72. The van der Waals surface area contributed by atoms with Crippen LogP contribution in [0.1, 0.15) is 23.0 Å². The van der Waals surface area contributed by atoms with E-state index >= 15 is 0 Å². The summed E-state index contributed by atoms with van der Waals surface area (Å²) in [5, 5.41) is 6.76. The van der Waals surface area contributed by atoms with Crippen molar-refractivity contribution in [1.29, 1.82) is 0 Å². The summed E-state index contributed by atoms with van der Waals surface area (Å²) in [6, 6.07) is 4.97. The van der Waals surface area contributed by atoms with Gasteiger partial charge in [-0.05, 0) is 19.1 Å². The fraction of sp³-hybridized carbons (Fsp3) is 0.375. The zero-order chi connectivity index (χ0) is 18.2. The van der Waals surface area contributed by atoms with E-state index in [1.807, 2.05) is 6.92 Å². The highest BCUT2D eigenvalue weighted by atomic mass is 35.5. The normalized spacial score (nSPS) is 17.7. The Morgan fingerprint density at radius 2 is 2.00 bits per heavy atom. The Labute approximate surface area is 153 Å². The van der Waals surface area contributed by atoms with Crippen molar-refractivity contribution in [3.8, 4) is 5.69 Å². The molecule has 1 aliphatic heterocycles. The van der Waals surface area contributed by atoms with Crippen LogP contribution in [0.4, 0.5) is 17.6 Å². The third kappa shape index (κ3) is 3.83. The number of rotatable bonds is 2. The molecule has 1 saturated heterocycles. The van der Waals surface area contributed by atoms with Gasteiger partial charge < -0.3 is 10.2 Å². The number of piperazine rings is 1. The molecule has 1 unspecified atom stereocenters. The number of halogens is 5. The van der Waals surface area contributed by atoms with Crippen LogP contribution in [0, 0.1) is 5.82 Å². The summed E-state index contributed by atoms with van der Waals surface area (Å²) in [5.41, 5.74) is -2.21. The Morgan fingerprint density at radius 3 is 2.62 bits per heavy atom. The zero-order valence-electron chi connectivity index (χ0n) is 13.8. The molecule has 0 spiro atoms. The molecule has 0 radical (unpaired) electrons. The summed E-state index contributed by atoms with van der Waals surface area (Å²) < 4.78 is 55.2. The predicted molar refractivity (Wildman–Crippen MR) is 89.1 cm³/mol. The van der Waals surface area contributed by atoms with Crippen LogP contribution >= 0.6 is 12.4 Å². The molecule has 1 aliphatic rings. The van der Waals surface area contributed by atoms with E-state index in [4.69, 9.17) is 0 Å². The third-order valence-corrected chi connectivity index (χ3v) is 4.00. The largest absolute Gasteiger partial charge is 0.434 e. The molecule has 1 amide bonds. The van der Waals surface area contributed by atoms with Crippen LogP contribution in [0.3, 0.4) is 0 Å². The van der Waals surface area contributed by atoms with Crippen LogP contribution in [0.2, 0.25) is 0 Å². The van der Waals surface area contributed by atoms with Crippen molar-refractivity contribution in [3.63, 3.8) is 0 Å². The lowest BCUT2D eigenvalue weighted by atomic mass is 10.1. The van der Waals surface area contributed by atoms with E-state index in [1.54, 1.807) is 0 Å². The Kier molecular flexibility index (Phi) is 5.92. The average molecular weight is 393 g/mol. The first kappa shape index (κ1) is 20.2. The number of carbonyl (C=O) groups is 1. The number of para-hydroxylation sites is 1. The predicted octanol–water partition coefficient (Wildman–Crippen LogP) is 2.89. The SMILES string of the molecule is CC1CN(C(=O)c2cnn(-c3ccccc3F)c2C(F)(F)F)CCN1.Cl. The van der Waals surface area contributed by atoms with Crippen LogP contribution in [0.15, 0.2) is 30.5 Å². The van der Waals surface area contributed by atoms with Crippen molar-refractivity contribution in [2.45, 2.75) is 19.1 Å². The molecule has 26 heavy (non-hydrogen) atoms. The average Bonchev–Trinajstić information content (AvgIpc) is 2.99. The van der Waals surface area contributed by atoms with Crippen molar-refractivity contribution in [2.75, 3.05) is 19.6 Å². The second-order valence-corrected chi connectivity index (χ2v) is 5.87. The highest BCUT2D eigenvalue weighted by molar-refractivity contribution is 5.95. The van der Waals surface area contributed by atoms with E-state index in [0.717, 1.165) is 12.3 Å². The quantitative estimate of drug-likeness (QED) is 0.800. The second kappa shape index (κ2) is 7.63. The minimum absolute atomic E-state index is 0. The van der Waals surface area contributed by atoms with Gasteiger partial charge in [-0.3, -0.25) is 4.79 Å². The van der Waals surface area contributed by atoms with Crippen LogP contribution in [0.25, 0.3) is 5.69 Å². The van der Waals surface area contributed by atoms with Gasteiger partial charge in [0.25, 0.3) is 5.91 Å². The summed E-state index contributed by atoms with van der Waals surface area (Å²) in [6.45, 7) is 2.93. The minimum atomic E-state index is -4.86. The number of alkyl halides is 3. The number of hydrogen-bond acceptors (Lipinski definition) is 3. The Bertz CT molecular complexity index is 793. The van der Waals surface area contributed by atoms with Gasteiger partial charge >= 0.3 is 6.18 Å². The summed E-state index contributed by atoms with van der Waals surface area (Å²) in [6.07, 6.45) is -4.01. The molecule has 1 atom stereocenters. The maximum atomic E-state index is 13.9. The molecule has 10 heteroatoms. The number of carbonyl (C=O) groups excluding carboxylic acids is 1. The van der Waals surface area contributed by atoms with Gasteiger partial charge in [-0.2, -0.15) is 18.3 Å². The van der Waals surface area contributed by atoms with Crippen LogP contribution in [-0.4, -0.2) is 46.3 Å². The van der Waals surface area contributed by atoms with E-state index in [2.05, 4.69) is 10.4 Å². The lowest BCUT2D eigenvalue weighted by Crippen LogP contribution is -2.51. The summed E-state index contributed by atoms with van der Waals surface area (Å²) in [5.74, 6) is -1.62. The van der Waals surface area contributed by atoms with Gasteiger partial charge in [-0.1, -0.05) is 12.1 Å². The summed E-state index contributed by atoms with van der Waals surface area (Å²) in [7, 11) is 0. The molecule has 1 aromatic carbocycles. The van der Waals surface area contributed by atoms with Crippen LogP contribution in [-0.2, 0) is 6.18 Å². The number of nitrogens with one attached hydrogen (secondary N) is 1. The molecule has 2 heterocycles. The zero-order valence-corrected chi connectivity index (χ0v) is 14.6. The van der Waals surface area contributed by atoms with Crippen molar-refractivity contribution < 1.29 is 22.4 Å². The van der Waals surface area contributed by atoms with Gasteiger partial charge in [-0.15, -0.1) is 12.4 Å². The van der Waals surface area contributed by atoms with Crippen molar-refractivity contribution in [2.24, 2.45) is 0 Å². The third-order valence-electron chi connectivity index (χ3n) is 4.00. The first-order chi connectivity index (χ1) is 11.8. The molecule has 1 fully saturated rings. The van der Waals surface area contributed by atoms with Crippen LogP contribution in [0.5, 0.6) is 0 Å². The molecule has 142 valence electrons. The van der Waals surface area contributed by atoms with Gasteiger partial charge in [0.2, 0.25) is 0 Å². The molecule has 1 aromatic heterocycles. The molecule has 2 aromatic rings. The first-order valence-electron chi connectivity index (χ1n) is 7.72. The number of aromatic nitrogens is 2. The lowest BCUT2D eigenvalue weighted by Gasteiger charge is -2.32. The minimum Gasteiger partial charge on any atom is -0.336 e. The number of nitrogens with zero attached hydrogens (tertiary/aromatic N) is 3. The monoisotopic (exact) mass is 392 g/mol. The molecule has 0 bridgehead atoms. The molecule has 0 saturated carbocycles. The van der Waals surface area contributed by atoms with Gasteiger partial charge in [0.15, 0.2) is 5.69 Å². The topological polar surface area (TPSA) is 50.2 Å². The fourth-order valence-electron chi connectivity index (χ4n) is 2.87. The Morgan fingerprint density at radius 1 is 1.31 bits per heavy atom. The van der Waals surface area contributed by atoms with Gasteiger partial charge in [0.05, 0.1) is 11.8 Å². The van der Waals surface area contributed by atoms with Gasteiger partial charge in [-0.25, -0.2) is 9.07 Å². The number of hydrogen-bond donors (Lipinski definition) is 1. The summed E-state index contributed by atoms with van der Waals surface area (Å²) in [4.78, 5) is 13.9. The van der Waals surface area contributed by atoms with Crippen LogP contribution < -0.4 is 5.32 Å². The van der Waals surface area contributed by atoms with E-state index in [-0.39, 0.29) is 24.1 Å². The van der Waals surface area contributed by atoms with Gasteiger partial charge in [0, 0.05) is 25.7 Å². The van der Waals surface area contributed by atoms with E-state index in [1.165, 1.54) is 23.1 Å². The fourth-order valence-corrected chi connectivity index (χ4v) is 2.87. The van der Waals surface area contributed by atoms with Crippen molar-refractivity contribution in [3.05, 3.63) is 47.5 Å². The van der Waals surface area contributed by atoms with Crippen molar-refractivity contribution in [1.82, 2.24) is 20.0 Å². The van der Waals surface area contributed by atoms with E-state index in [9.17, 15) is 22.4 Å². The molecule has 0 aliphatic carbocycles. The molecule has 1 N–H and O–H groups in total. The Hall–Kier alpha value is -2.13. The van der Waals surface area contributed by atoms with Gasteiger partial charge in [0.1, 0.15) is 11.5 Å². The van der Waals surface area contributed by atoms with Crippen molar-refractivity contribution >= 4 is 18.3 Å². The van der Waals surface area contributed by atoms with E-state index in [0.29, 0.717) is 24.3 Å². The number of amides is 1. The number of benzene rings is 1. The highest BCUT2D eigenvalue weighted by Crippen LogP contribution is 2.34. The summed E-state index contributed by atoms with van der Waals surface area (Å²) >= 11 is 0. The maximum Gasteiger partial charge on any atom is 0.434 e.